The molecule has 88 valence electrons. The smallest absolute Gasteiger partial charge is 0.397 e. The van der Waals surface area contributed by atoms with E-state index in [0.29, 0.717) is 5.69 Å². The maximum absolute atomic E-state index is 11.7. The van der Waals surface area contributed by atoms with Crippen LogP contribution in [0.4, 0.5) is 18.9 Å². The summed E-state index contributed by atoms with van der Waals surface area (Å²) in [5.41, 5.74) is 7.18. The number of pyridine rings is 1. The Morgan fingerprint density at radius 1 is 1.50 bits per heavy atom. The van der Waals surface area contributed by atoms with Gasteiger partial charge in [-0.2, -0.15) is 13.2 Å². The summed E-state index contributed by atoms with van der Waals surface area (Å²) in [7, 11) is 0. The quantitative estimate of drug-likeness (QED) is 0.762. The van der Waals surface area contributed by atoms with E-state index in [4.69, 9.17) is 5.73 Å². The van der Waals surface area contributed by atoms with Crippen LogP contribution in [0.2, 0.25) is 0 Å². The van der Waals surface area contributed by atoms with Crippen LogP contribution in [0.25, 0.3) is 0 Å². The van der Waals surface area contributed by atoms with E-state index in [1.54, 1.807) is 5.48 Å². The number of hydroxylamine groups is 1. The molecule has 8 heteroatoms. The largest absolute Gasteiger partial charge is 0.414 e. The van der Waals surface area contributed by atoms with Crippen molar-refractivity contribution >= 4 is 11.6 Å². The molecule has 0 unspecified atom stereocenters. The molecule has 5 nitrogen and oxygen atoms in total. The number of carbonyl (C=O) groups is 1. The first-order valence-corrected chi connectivity index (χ1v) is 4.09. The minimum atomic E-state index is -4.50. The molecule has 0 spiro atoms. The molecule has 0 saturated carbocycles. The summed E-state index contributed by atoms with van der Waals surface area (Å²) >= 11 is 0. The Hall–Kier alpha value is -1.83. The van der Waals surface area contributed by atoms with E-state index in [0.717, 1.165) is 0 Å². The molecule has 1 amide bonds. The predicted molar refractivity (Wildman–Crippen MR) is 48.1 cm³/mol. The molecule has 0 saturated heterocycles. The van der Waals surface area contributed by atoms with E-state index >= 15 is 0 Å². The zero-order chi connectivity index (χ0) is 12.2. The van der Waals surface area contributed by atoms with E-state index in [1.807, 2.05) is 0 Å². The molecule has 0 atom stereocenters. The summed E-state index contributed by atoms with van der Waals surface area (Å²) in [5, 5.41) is 0. The lowest BCUT2D eigenvalue weighted by Gasteiger charge is -2.07. The maximum atomic E-state index is 11.7. The monoisotopic (exact) mass is 235 g/mol. The van der Waals surface area contributed by atoms with Gasteiger partial charge in [0.05, 0.1) is 11.9 Å². The minimum absolute atomic E-state index is 0.0867. The summed E-state index contributed by atoms with van der Waals surface area (Å²) in [6.45, 7) is -1.56. The number of alkyl halides is 3. The number of nitrogen functional groups attached to an aromatic ring is 1. The highest BCUT2D eigenvalue weighted by molar-refractivity contribution is 5.91. The second kappa shape index (κ2) is 4.79. The van der Waals surface area contributed by atoms with Crippen LogP contribution in [0.5, 0.6) is 0 Å². The van der Waals surface area contributed by atoms with Crippen molar-refractivity contribution < 1.29 is 22.8 Å². The third-order valence-electron chi connectivity index (χ3n) is 1.42. The second-order valence-corrected chi connectivity index (χ2v) is 2.81. The highest BCUT2D eigenvalue weighted by Crippen LogP contribution is 2.13. The fourth-order valence-electron chi connectivity index (χ4n) is 0.775. The van der Waals surface area contributed by atoms with Gasteiger partial charge in [-0.05, 0) is 12.1 Å². The van der Waals surface area contributed by atoms with Crippen molar-refractivity contribution in [3.63, 3.8) is 0 Å². The summed E-state index contributed by atoms with van der Waals surface area (Å²) in [6, 6.07) is 2.66. The first-order chi connectivity index (χ1) is 7.38. The van der Waals surface area contributed by atoms with Gasteiger partial charge in [0, 0.05) is 0 Å². The summed E-state index contributed by atoms with van der Waals surface area (Å²) in [5.74, 6) is -0.871. The lowest BCUT2D eigenvalue weighted by atomic mass is 10.3. The fourth-order valence-corrected chi connectivity index (χ4v) is 0.775. The van der Waals surface area contributed by atoms with Gasteiger partial charge in [0.1, 0.15) is 5.69 Å². The maximum Gasteiger partial charge on any atom is 0.414 e. The Morgan fingerprint density at radius 3 is 2.69 bits per heavy atom. The molecule has 0 aromatic carbocycles. The molecule has 0 fully saturated rings. The van der Waals surface area contributed by atoms with Crippen molar-refractivity contribution in [1.29, 1.82) is 0 Å². The molecular weight excluding hydrogens is 227 g/mol. The fraction of sp³-hybridized carbons (Fsp3) is 0.250. The molecule has 0 aliphatic rings. The van der Waals surface area contributed by atoms with E-state index in [9.17, 15) is 18.0 Å². The molecular formula is C8H8F3N3O2. The van der Waals surface area contributed by atoms with E-state index in [-0.39, 0.29) is 5.69 Å². The molecule has 1 aromatic heterocycles. The number of nitrogens with zero attached hydrogens (tertiary/aromatic N) is 1. The van der Waals surface area contributed by atoms with Crippen LogP contribution in [-0.4, -0.2) is 23.7 Å². The van der Waals surface area contributed by atoms with Gasteiger partial charge in [-0.1, -0.05) is 0 Å². The molecule has 3 N–H and O–H groups in total. The number of nitrogens with one attached hydrogen (secondary N) is 1. The first kappa shape index (κ1) is 12.2. The van der Waals surface area contributed by atoms with Crippen molar-refractivity contribution in [1.82, 2.24) is 10.5 Å². The lowest BCUT2D eigenvalue weighted by Crippen LogP contribution is -2.30. The van der Waals surface area contributed by atoms with Crippen LogP contribution >= 0.6 is 0 Å². The third-order valence-corrected chi connectivity index (χ3v) is 1.42. The Bertz CT molecular complexity index is 364. The minimum Gasteiger partial charge on any atom is -0.397 e. The molecule has 0 bridgehead atoms. The Morgan fingerprint density at radius 2 is 2.19 bits per heavy atom. The zero-order valence-electron chi connectivity index (χ0n) is 7.91. The molecule has 1 rings (SSSR count). The van der Waals surface area contributed by atoms with Crippen LogP contribution in [0, 0.1) is 0 Å². The van der Waals surface area contributed by atoms with Crippen LogP contribution in [-0.2, 0) is 4.84 Å². The summed E-state index contributed by atoms with van der Waals surface area (Å²) in [4.78, 5) is 18.7. The number of amides is 1. The van der Waals surface area contributed by atoms with Gasteiger partial charge in [0.15, 0.2) is 6.61 Å². The third kappa shape index (κ3) is 4.13. The van der Waals surface area contributed by atoms with E-state index < -0.39 is 18.7 Å². The summed E-state index contributed by atoms with van der Waals surface area (Å²) < 4.78 is 35.0. The van der Waals surface area contributed by atoms with Crippen LogP contribution < -0.4 is 11.2 Å². The molecule has 0 aliphatic heterocycles. The number of anilines is 1. The number of hydrogen-bond acceptors (Lipinski definition) is 4. The number of rotatable bonds is 3. The number of aromatic nitrogens is 1. The van der Waals surface area contributed by atoms with Gasteiger partial charge in [0.2, 0.25) is 0 Å². The van der Waals surface area contributed by atoms with Crippen LogP contribution in [0.1, 0.15) is 10.5 Å². The van der Waals surface area contributed by atoms with Gasteiger partial charge in [-0.3, -0.25) is 9.63 Å². The molecule has 16 heavy (non-hydrogen) atoms. The van der Waals surface area contributed by atoms with Crippen molar-refractivity contribution in [3.8, 4) is 0 Å². The van der Waals surface area contributed by atoms with Gasteiger partial charge in [-0.15, -0.1) is 0 Å². The van der Waals surface area contributed by atoms with Gasteiger partial charge < -0.3 is 5.73 Å². The van der Waals surface area contributed by atoms with Gasteiger partial charge in [-0.25, -0.2) is 10.5 Å². The Labute approximate surface area is 88.4 Å². The molecule has 1 heterocycles. The van der Waals surface area contributed by atoms with Crippen molar-refractivity contribution in [3.05, 3.63) is 24.0 Å². The normalized spacial score (nSPS) is 11.2. The van der Waals surface area contributed by atoms with E-state index in [1.165, 1.54) is 18.3 Å². The van der Waals surface area contributed by atoms with Crippen molar-refractivity contribution in [2.45, 2.75) is 6.18 Å². The molecule has 0 aliphatic carbocycles. The lowest BCUT2D eigenvalue weighted by molar-refractivity contribution is -0.184. The standard InChI is InChI=1S/C8H8F3N3O2/c9-8(10,11)4-16-14-7(15)6-2-1-5(12)3-13-6/h1-3H,4,12H2,(H,14,15). The van der Waals surface area contributed by atoms with Gasteiger partial charge in [0.25, 0.3) is 5.91 Å². The van der Waals surface area contributed by atoms with Crippen LogP contribution in [0.3, 0.4) is 0 Å². The van der Waals surface area contributed by atoms with Crippen molar-refractivity contribution in [2.75, 3.05) is 12.3 Å². The number of halogens is 3. The number of hydrogen-bond donors (Lipinski definition) is 2. The van der Waals surface area contributed by atoms with Gasteiger partial charge >= 0.3 is 6.18 Å². The first-order valence-electron chi connectivity index (χ1n) is 4.09. The average molecular weight is 235 g/mol. The van der Waals surface area contributed by atoms with Crippen molar-refractivity contribution in [2.24, 2.45) is 0 Å². The molecule has 1 aromatic rings. The summed E-state index contributed by atoms with van der Waals surface area (Å²) in [6.07, 6.45) is -3.29. The van der Waals surface area contributed by atoms with Crippen LogP contribution in [0.15, 0.2) is 18.3 Å². The number of carbonyl (C=O) groups excluding carboxylic acids is 1. The topological polar surface area (TPSA) is 77.2 Å². The highest BCUT2D eigenvalue weighted by atomic mass is 19.4. The Balaban J connectivity index is 2.44. The predicted octanol–water partition coefficient (Wildman–Crippen LogP) is 0.888. The average Bonchev–Trinajstić information content (AvgIpc) is 2.16. The zero-order valence-corrected chi connectivity index (χ0v) is 7.91. The molecule has 0 radical (unpaired) electrons. The Kier molecular flexibility index (Phi) is 3.67. The SMILES string of the molecule is Nc1ccc(C(=O)NOCC(F)(F)F)nc1. The van der Waals surface area contributed by atoms with E-state index in [2.05, 4.69) is 9.82 Å². The second-order valence-electron chi connectivity index (χ2n) is 2.81. The number of nitrogens with two attached hydrogens (primary N) is 1. The highest BCUT2D eigenvalue weighted by Gasteiger charge is 2.28.